The van der Waals surface area contributed by atoms with E-state index in [4.69, 9.17) is 22.9 Å². The Labute approximate surface area is 399 Å². The molecule has 15 N–H and O–H groups in total. The molecule has 23 nitrogen and oxygen atoms in total. The molecule has 0 aliphatic carbocycles. The van der Waals surface area contributed by atoms with Gasteiger partial charge < -0.3 is 65.1 Å². The number of aliphatic imine (C=N–C) groups is 1. The minimum absolute atomic E-state index is 0.00603. The fourth-order valence-corrected chi connectivity index (χ4v) is 7.96. The highest BCUT2D eigenvalue weighted by Gasteiger charge is 2.40. The van der Waals surface area contributed by atoms with Crippen molar-refractivity contribution in [3.05, 3.63) is 71.8 Å². The monoisotopic (exact) mass is 959 g/mol. The summed E-state index contributed by atoms with van der Waals surface area (Å²) in [7, 11) is 0. The quantitative estimate of drug-likeness (QED) is 0.0423. The number of nitrogens with zero attached hydrogens (tertiary/aromatic N) is 2. The van der Waals surface area contributed by atoms with Crippen molar-refractivity contribution in [1.82, 2.24) is 42.1 Å². The molecule has 4 rings (SSSR count). The summed E-state index contributed by atoms with van der Waals surface area (Å²) in [6, 6.07) is 8.54. The van der Waals surface area contributed by atoms with Crippen LogP contribution in [0, 0.1) is 5.92 Å². The number of amides is 10. The molecule has 0 aromatic heterocycles. The van der Waals surface area contributed by atoms with Crippen molar-refractivity contribution in [2.24, 2.45) is 33.8 Å². The number of rotatable bonds is 17. The number of hydrogen-bond donors (Lipinski definition) is 11. The minimum atomic E-state index is -1.65. The lowest BCUT2D eigenvalue weighted by atomic mass is 9.99. The Morgan fingerprint density at radius 2 is 1.29 bits per heavy atom. The van der Waals surface area contributed by atoms with Gasteiger partial charge in [0.05, 0.1) is 13.0 Å². The van der Waals surface area contributed by atoms with E-state index in [1.807, 2.05) is 0 Å². The number of hydrogen-bond acceptors (Lipinski definition) is 11. The molecule has 2 aliphatic heterocycles. The lowest BCUT2D eigenvalue weighted by Crippen LogP contribution is -2.61. The zero-order valence-electron chi connectivity index (χ0n) is 38.9. The molecule has 7 atom stereocenters. The fourth-order valence-electron chi connectivity index (χ4n) is 7.96. The van der Waals surface area contributed by atoms with Crippen molar-refractivity contribution in [2.75, 3.05) is 19.6 Å². The summed E-state index contributed by atoms with van der Waals surface area (Å²) in [4.78, 5) is 141. The van der Waals surface area contributed by atoms with Crippen molar-refractivity contribution in [2.45, 2.75) is 120 Å². The number of primary amides is 2. The smallest absolute Gasteiger partial charge is 0.245 e. The number of likely N-dealkylation sites (tertiary alicyclic amines) is 1. The van der Waals surface area contributed by atoms with Crippen LogP contribution < -0.4 is 60.2 Å². The maximum Gasteiger partial charge on any atom is 0.245 e. The van der Waals surface area contributed by atoms with Crippen LogP contribution in [0.15, 0.2) is 65.7 Å². The third-order valence-corrected chi connectivity index (χ3v) is 11.5. The molecular formula is C46H65N13O10. The Kier molecular flexibility index (Phi) is 20.9. The van der Waals surface area contributed by atoms with E-state index in [1.54, 1.807) is 74.5 Å². The molecule has 23 heteroatoms. The first-order chi connectivity index (χ1) is 32.8. The standard InChI is InChI=1S/C46H65N13O10/c1-26(2)38-44(68)57-33(24-35(47)60)41(65)55-30(45(69)59-21-11-18-34(59)43(67)54-29(17-10-20-51-46(49)50)39(63)52-25-36(48)61)16-9-19-37(62)53-31(22-27-12-5-3-6-13-27)40(64)56-32(42(66)58-38)23-28-14-7-4-8-15-28/h3-8,12-15,26,29-34,38H,9-11,16-25H2,1-2H3,(H2,47,60)(H2,48,61)(H,52,63)(H,53,62)(H,54,67)(H,55,65)(H,56,64)(H,57,68)(H,58,66)(H4,49,50,51)/t29-,30-,31-,32-,33-,34-,38-/m0/s1. The number of nitrogens with two attached hydrogens (primary N) is 4. The zero-order chi connectivity index (χ0) is 50.6. The summed E-state index contributed by atoms with van der Waals surface area (Å²) in [5, 5.41) is 18.3. The molecule has 374 valence electrons. The van der Waals surface area contributed by atoms with Gasteiger partial charge in [0.1, 0.15) is 42.3 Å². The fraction of sp³-hybridized carbons (Fsp3) is 0.500. The first-order valence-corrected chi connectivity index (χ1v) is 22.9. The molecule has 2 aliphatic rings. The largest absolute Gasteiger partial charge is 0.370 e. The molecule has 2 aromatic rings. The predicted octanol–water partition coefficient (Wildman–Crippen LogP) is -3.26. The molecule has 0 spiro atoms. The molecule has 2 heterocycles. The van der Waals surface area contributed by atoms with Crippen molar-refractivity contribution < 1.29 is 47.9 Å². The van der Waals surface area contributed by atoms with Crippen LogP contribution in [0.3, 0.4) is 0 Å². The van der Waals surface area contributed by atoms with Gasteiger partial charge in [0.15, 0.2) is 5.96 Å². The summed E-state index contributed by atoms with van der Waals surface area (Å²) in [6.45, 7) is 2.93. The molecule has 0 unspecified atom stereocenters. The Hall–Kier alpha value is -7.59. The van der Waals surface area contributed by atoms with Crippen LogP contribution in [0.25, 0.3) is 0 Å². The van der Waals surface area contributed by atoms with E-state index in [-0.39, 0.29) is 70.4 Å². The van der Waals surface area contributed by atoms with Crippen molar-refractivity contribution in [3.63, 3.8) is 0 Å². The SMILES string of the molecule is CC(C)[C@@H]1NC(=O)[C@H](Cc2ccccc2)NC(=O)[C@H](Cc2ccccc2)NC(=O)CCC[C@@H](C(=O)N2CCC[C@H]2C(=O)N[C@@H](CCCN=C(N)N)C(=O)NCC(N)=O)NC(=O)[C@H](CC(N)=O)NC1=O. The Morgan fingerprint density at radius 3 is 1.87 bits per heavy atom. The Morgan fingerprint density at radius 1 is 0.710 bits per heavy atom. The first kappa shape index (κ1) is 54.0. The van der Waals surface area contributed by atoms with Gasteiger partial charge in [-0.1, -0.05) is 74.5 Å². The number of benzene rings is 2. The molecule has 2 aromatic carbocycles. The summed E-state index contributed by atoms with van der Waals surface area (Å²) in [6.07, 6.45) is -0.398. The second-order valence-corrected chi connectivity index (χ2v) is 17.4. The predicted molar refractivity (Wildman–Crippen MR) is 251 cm³/mol. The van der Waals surface area contributed by atoms with Gasteiger partial charge in [-0.15, -0.1) is 0 Å². The van der Waals surface area contributed by atoms with E-state index in [1.165, 1.54) is 4.90 Å². The van der Waals surface area contributed by atoms with Gasteiger partial charge >= 0.3 is 0 Å². The normalized spacial score (nSPS) is 22.2. The van der Waals surface area contributed by atoms with Gasteiger partial charge in [-0.3, -0.25) is 52.9 Å². The molecule has 0 bridgehead atoms. The average molecular weight is 960 g/mol. The van der Waals surface area contributed by atoms with Gasteiger partial charge in [-0.25, -0.2) is 0 Å². The summed E-state index contributed by atoms with van der Waals surface area (Å²) >= 11 is 0. The van der Waals surface area contributed by atoms with Gasteiger partial charge in [0.25, 0.3) is 0 Å². The molecule has 69 heavy (non-hydrogen) atoms. The van der Waals surface area contributed by atoms with Crippen LogP contribution in [0.1, 0.15) is 76.3 Å². The highest BCUT2D eigenvalue weighted by Crippen LogP contribution is 2.21. The molecule has 2 fully saturated rings. The molecule has 2 saturated heterocycles. The third kappa shape index (κ3) is 17.5. The van der Waals surface area contributed by atoms with E-state index in [2.05, 4.69) is 42.2 Å². The van der Waals surface area contributed by atoms with E-state index < -0.39 is 120 Å². The highest BCUT2D eigenvalue weighted by atomic mass is 16.2. The second kappa shape index (κ2) is 26.7. The lowest BCUT2D eigenvalue weighted by Gasteiger charge is -2.31. The molecule has 0 radical (unpaired) electrons. The number of carbonyl (C=O) groups is 10. The van der Waals surface area contributed by atoms with E-state index in [9.17, 15) is 47.9 Å². The van der Waals surface area contributed by atoms with Crippen LogP contribution >= 0.6 is 0 Å². The van der Waals surface area contributed by atoms with E-state index >= 15 is 0 Å². The Bertz CT molecular complexity index is 2190. The van der Waals surface area contributed by atoms with Crippen LogP contribution in [0.2, 0.25) is 0 Å². The van der Waals surface area contributed by atoms with E-state index in [0.717, 1.165) is 0 Å². The number of carbonyl (C=O) groups excluding carboxylic acids is 10. The number of nitrogens with one attached hydrogen (secondary N) is 7. The van der Waals surface area contributed by atoms with Gasteiger partial charge in [-0.05, 0) is 55.6 Å². The summed E-state index contributed by atoms with van der Waals surface area (Å²) in [5.74, 6) is -8.68. The maximum absolute atomic E-state index is 14.6. The topological polar surface area (TPSA) is 375 Å². The van der Waals surface area contributed by atoms with Crippen molar-refractivity contribution in [1.29, 1.82) is 0 Å². The zero-order valence-corrected chi connectivity index (χ0v) is 38.9. The van der Waals surface area contributed by atoms with Crippen molar-refractivity contribution >= 4 is 65.0 Å². The van der Waals surface area contributed by atoms with Gasteiger partial charge in [0, 0.05) is 32.4 Å². The van der Waals surface area contributed by atoms with Crippen LogP contribution in [-0.2, 0) is 60.8 Å². The second-order valence-electron chi connectivity index (χ2n) is 17.4. The maximum atomic E-state index is 14.6. The van der Waals surface area contributed by atoms with Gasteiger partial charge in [0.2, 0.25) is 59.1 Å². The van der Waals surface area contributed by atoms with E-state index in [0.29, 0.717) is 17.5 Å². The van der Waals surface area contributed by atoms with Crippen LogP contribution in [0.5, 0.6) is 0 Å². The number of guanidine groups is 1. The summed E-state index contributed by atoms with van der Waals surface area (Å²) in [5.41, 5.74) is 22.9. The first-order valence-electron chi connectivity index (χ1n) is 22.9. The third-order valence-electron chi connectivity index (χ3n) is 11.5. The lowest BCUT2D eigenvalue weighted by molar-refractivity contribution is -0.143. The minimum Gasteiger partial charge on any atom is -0.370 e. The average Bonchev–Trinajstić information content (AvgIpc) is 3.80. The van der Waals surface area contributed by atoms with Crippen LogP contribution in [-0.4, -0.2) is 132 Å². The molecule has 10 amide bonds. The molecular weight excluding hydrogens is 895 g/mol. The van der Waals surface area contributed by atoms with Gasteiger partial charge in [-0.2, -0.15) is 0 Å². The summed E-state index contributed by atoms with van der Waals surface area (Å²) < 4.78 is 0. The highest BCUT2D eigenvalue weighted by molar-refractivity contribution is 5.99. The van der Waals surface area contributed by atoms with Crippen LogP contribution in [0.4, 0.5) is 0 Å². The Balaban J connectivity index is 1.67. The van der Waals surface area contributed by atoms with Crippen molar-refractivity contribution in [3.8, 4) is 0 Å². The molecule has 0 saturated carbocycles.